The summed E-state index contributed by atoms with van der Waals surface area (Å²) < 4.78 is 0. The van der Waals surface area contributed by atoms with Gasteiger partial charge in [-0.25, -0.2) is 9.97 Å². The lowest BCUT2D eigenvalue weighted by Gasteiger charge is -2.32. The second-order valence-corrected chi connectivity index (χ2v) is 7.34. The Labute approximate surface area is 176 Å². The van der Waals surface area contributed by atoms with Crippen molar-refractivity contribution in [2.24, 2.45) is 0 Å². The molecule has 1 aliphatic rings. The van der Waals surface area contributed by atoms with Gasteiger partial charge in [0, 0.05) is 48.5 Å². The smallest absolute Gasteiger partial charge is 0.161 e. The molecule has 30 heavy (non-hydrogen) atoms. The minimum absolute atomic E-state index is 0.243. The molecule has 2 N–H and O–H groups in total. The fourth-order valence-corrected chi connectivity index (χ4v) is 3.61. The minimum atomic E-state index is -0.243. The van der Waals surface area contributed by atoms with Gasteiger partial charge in [-0.3, -0.25) is 4.98 Å². The number of aromatic nitrogens is 3. The molecule has 0 aliphatic carbocycles. The third-order valence-electron chi connectivity index (χ3n) is 5.27. The van der Waals surface area contributed by atoms with Crippen LogP contribution in [-0.2, 0) is 6.42 Å². The normalized spacial score (nSPS) is 14.4. The van der Waals surface area contributed by atoms with Crippen LogP contribution in [0.5, 0.6) is 0 Å². The van der Waals surface area contributed by atoms with Crippen LogP contribution >= 0.6 is 0 Å². The van der Waals surface area contributed by atoms with E-state index in [0.717, 1.165) is 55.0 Å². The van der Waals surface area contributed by atoms with Gasteiger partial charge in [0.25, 0.3) is 0 Å². The lowest BCUT2D eigenvalue weighted by molar-refractivity contribution is 0.145. The number of aliphatic hydroxyl groups is 1. The van der Waals surface area contributed by atoms with Gasteiger partial charge in [0.2, 0.25) is 0 Å². The Morgan fingerprint density at radius 2 is 1.90 bits per heavy atom. The molecule has 0 spiro atoms. The number of nitrogens with zero attached hydrogens (tertiary/aromatic N) is 5. The first-order chi connectivity index (χ1) is 14.7. The molecule has 1 fully saturated rings. The summed E-state index contributed by atoms with van der Waals surface area (Å²) >= 11 is 0. The number of pyridine rings is 1. The standard InChI is InChI=1S/C23H24N6O/c1-2-18-14-22(28-23(27-18)16-5-9-25-10-6-16)26-19-3-4-21(17(13-19)15-24)29-11-7-20(30)8-12-29/h3-6,9-10,13-14,20,30H,2,7-8,11-12H2,1H3,(H,26,27,28). The second-order valence-electron chi connectivity index (χ2n) is 7.34. The number of piperidine rings is 1. The van der Waals surface area contributed by atoms with E-state index in [-0.39, 0.29) is 6.10 Å². The summed E-state index contributed by atoms with van der Waals surface area (Å²) in [5.74, 6) is 1.33. The van der Waals surface area contributed by atoms with Crippen LogP contribution in [0.2, 0.25) is 0 Å². The van der Waals surface area contributed by atoms with E-state index in [9.17, 15) is 10.4 Å². The highest BCUT2D eigenvalue weighted by Crippen LogP contribution is 2.28. The van der Waals surface area contributed by atoms with Gasteiger partial charge in [0.1, 0.15) is 11.9 Å². The summed E-state index contributed by atoms with van der Waals surface area (Å²) in [6.07, 6.45) is 5.45. The molecule has 0 bridgehead atoms. The minimum Gasteiger partial charge on any atom is -0.393 e. The van der Waals surface area contributed by atoms with Crippen LogP contribution in [0.1, 0.15) is 31.0 Å². The molecule has 152 valence electrons. The maximum absolute atomic E-state index is 9.74. The summed E-state index contributed by atoms with van der Waals surface area (Å²) in [6.45, 7) is 3.56. The van der Waals surface area contributed by atoms with Crippen molar-refractivity contribution in [3.63, 3.8) is 0 Å². The van der Waals surface area contributed by atoms with Gasteiger partial charge in [-0.2, -0.15) is 5.26 Å². The number of hydrogen-bond donors (Lipinski definition) is 2. The Bertz CT molecular complexity index is 1060. The molecular weight excluding hydrogens is 376 g/mol. The van der Waals surface area contributed by atoms with E-state index in [1.165, 1.54) is 0 Å². The van der Waals surface area contributed by atoms with Crippen LogP contribution in [0.3, 0.4) is 0 Å². The van der Waals surface area contributed by atoms with E-state index >= 15 is 0 Å². The van der Waals surface area contributed by atoms with Crippen LogP contribution < -0.4 is 10.2 Å². The molecule has 0 unspecified atom stereocenters. The highest BCUT2D eigenvalue weighted by molar-refractivity contribution is 5.69. The first-order valence-electron chi connectivity index (χ1n) is 10.2. The number of rotatable bonds is 5. The quantitative estimate of drug-likeness (QED) is 0.674. The molecule has 0 radical (unpaired) electrons. The molecule has 7 heteroatoms. The molecule has 2 aromatic heterocycles. The van der Waals surface area contributed by atoms with E-state index in [1.54, 1.807) is 12.4 Å². The largest absolute Gasteiger partial charge is 0.393 e. The number of benzene rings is 1. The fourth-order valence-electron chi connectivity index (χ4n) is 3.61. The summed E-state index contributed by atoms with van der Waals surface area (Å²) in [6, 6.07) is 13.8. The van der Waals surface area contributed by atoms with Gasteiger partial charge in [0.15, 0.2) is 5.82 Å². The molecular formula is C23H24N6O. The number of anilines is 3. The average Bonchev–Trinajstić information content (AvgIpc) is 2.80. The summed E-state index contributed by atoms with van der Waals surface area (Å²) in [7, 11) is 0. The van der Waals surface area contributed by atoms with Crippen LogP contribution in [0.15, 0.2) is 48.8 Å². The molecule has 1 saturated heterocycles. The van der Waals surface area contributed by atoms with Gasteiger partial charge in [0.05, 0.1) is 17.4 Å². The van der Waals surface area contributed by atoms with E-state index in [0.29, 0.717) is 17.2 Å². The molecule has 3 aromatic rings. The van der Waals surface area contributed by atoms with Crippen LogP contribution in [0.25, 0.3) is 11.4 Å². The van der Waals surface area contributed by atoms with Gasteiger partial charge in [-0.05, 0) is 49.6 Å². The Morgan fingerprint density at radius 3 is 2.60 bits per heavy atom. The molecule has 0 amide bonds. The SMILES string of the molecule is CCc1cc(Nc2ccc(N3CCC(O)CC3)c(C#N)c2)nc(-c2ccncc2)n1. The molecule has 1 aromatic carbocycles. The van der Waals surface area contributed by atoms with Gasteiger partial charge >= 0.3 is 0 Å². The molecule has 4 rings (SSSR count). The van der Waals surface area contributed by atoms with Crippen molar-refractivity contribution in [2.45, 2.75) is 32.3 Å². The lowest BCUT2D eigenvalue weighted by Crippen LogP contribution is -2.36. The van der Waals surface area contributed by atoms with E-state index in [1.807, 2.05) is 36.4 Å². The van der Waals surface area contributed by atoms with Crippen molar-refractivity contribution >= 4 is 17.2 Å². The first kappa shape index (κ1) is 19.8. The van der Waals surface area contributed by atoms with Gasteiger partial charge < -0.3 is 15.3 Å². The van der Waals surface area contributed by atoms with Gasteiger partial charge in [-0.15, -0.1) is 0 Å². The average molecular weight is 400 g/mol. The van der Waals surface area contributed by atoms with Crippen molar-refractivity contribution < 1.29 is 5.11 Å². The topological polar surface area (TPSA) is 98.0 Å². The Morgan fingerprint density at radius 1 is 1.13 bits per heavy atom. The number of hydrogen-bond acceptors (Lipinski definition) is 7. The third kappa shape index (κ3) is 4.39. The van der Waals surface area contributed by atoms with Crippen LogP contribution in [-0.4, -0.2) is 39.3 Å². The van der Waals surface area contributed by atoms with E-state index < -0.39 is 0 Å². The number of nitriles is 1. The van der Waals surface area contributed by atoms with Crippen molar-refractivity contribution in [1.82, 2.24) is 15.0 Å². The second kappa shape index (κ2) is 8.89. The van der Waals surface area contributed by atoms with E-state index in [2.05, 4.69) is 38.2 Å². The Kier molecular flexibility index (Phi) is 5.87. The number of nitrogens with one attached hydrogen (secondary N) is 1. The summed E-state index contributed by atoms with van der Waals surface area (Å²) in [5, 5.41) is 22.7. The maximum Gasteiger partial charge on any atom is 0.161 e. The summed E-state index contributed by atoms with van der Waals surface area (Å²) in [4.78, 5) is 15.5. The highest BCUT2D eigenvalue weighted by Gasteiger charge is 2.19. The number of aryl methyl sites for hydroxylation is 1. The zero-order valence-corrected chi connectivity index (χ0v) is 16.9. The lowest BCUT2D eigenvalue weighted by atomic mass is 10.0. The van der Waals surface area contributed by atoms with Gasteiger partial charge in [-0.1, -0.05) is 6.92 Å². The monoisotopic (exact) mass is 400 g/mol. The molecule has 1 aliphatic heterocycles. The third-order valence-corrected chi connectivity index (χ3v) is 5.27. The molecule has 0 saturated carbocycles. The van der Waals surface area contributed by atoms with Crippen molar-refractivity contribution in [2.75, 3.05) is 23.3 Å². The highest BCUT2D eigenvalue weighted by atomic mass is 16.3. The first-order valence-corrected chi connectivity index (χ1v) is 10.2. The fraction of sp³-hybridized carbons (Fsp3) is 0.304. The predicted molar refractivity (Wildman–Crippen MR) is 117 cm³/mol. The van der Waals surface area contributed by atoms with E-state index in [4.69, 9.17) is 0 Å². The van der Waals surface area contributed by atoms with Crippen molar-refractivity contribution in [1.29, 1.82) is 5.26 Å². The molecule has 7 nitrogen and oxygen atoms in total. The maximum atomic E-state index is 9.74. The molecule has 0 atom stereocenters. The van der Waals surface area contributed by atoms with Crippen LogP contribution in [0.4, 0.5) is 17.2 Å². The summed E-state index contributed by atoms with van der Waals surface area (Å²) in [5.41, 5.74) is 4.15. The zero-order valence-electron chi connectivity index (χ0n) is 16.9. The van der Waals surface area contributed by atoms with Crippen molar-refractivity contribution in [3.05, 3.63) is 60.0 Å². The predicted octanol–water partition coefficient (Wildman–Crippen LogP) is 3.68. The Balaban J connectivity index is 1.60. The molecule has 3 heterocycles. The zero-order chi connectivity index (χ0) is 20.9. The number of aliphatic hydroxyl groups excluding tert-OH is 1. The Hall–Kier alpha value is -3.50. The van der Waals surface area contributed by atoms with Crippen LogP contribution in [0, 0.1) is 11.3 Å². The van der Waals surface area contributed by atoms with Crippen molar-refractivity contribution in [3.8, 4) is 17.5 Å².